The van der Waals surface area contributed by atoms with Crippen LogP contribution in [0.5, 0.6) is 0 Å². The first-order valence-corrected chi connectivity index (χ1v) is 7.05. The molecule has 0 radical (unpaired) electrons. The largest absolute Gasteiger partial charge is 0.310 e. The Hall–Kier alpha value is -1.05. The molecule has 17 heavy (non-hydrogen) atoms. The smallest absolute Gasteiger partial charge is 0.228 e. The van der Waals surface area contributed by atoms with Crippen LogP contribution in [-0.4, -0.2) is 26.1 Å². The molecule has 1 aromatic rings. The second-order valence-electron chi connectivity index (χ2n) is 3.91. The van der Waals surface area contributed by atoms with E-state index in [0.29, 0.717) is 10.6 Å². The molecule has 1 aliphatic heterocycles. The first kappa shape index (κ1) is 12.4. The van der Waals surface area contributed by atoms with Gasteiger partial charge in [-0.15, -0.1) is 12.6 Å². The van der Waals surface area contributed by atoms with Gasteiger partial charge >= 0.3 is 0 Å². The number of amides is 1. The molecule has 1 fully saturated rings. The van der Waals surface area contributed by atoms with Gasteiger partial charge in [0.25, 0.3) is 0 Å². The van der Waals surface area contributed by atoms with Crippen LogP contribution >= 0.6 is 12.6 Å². The molecule has 1 atom stereocenters. The fourth-order valence-corrected chi connectivity index (χ4v) is 2.83. The zero-order valence-electron chi connectivity index (χ0n) is 8.91. The lowest BCUT2D eigenvalue weighted by atomic mass is 10.3. The van der Waals surface area contributed by atoms with Gasteiger partial charge < -0.3 is 4.90 Å². The molecule has 0 saturated carbocycles. The number of anilines is 1. The van der Waals surface area contributed by atoms with Gasteiger partial charge in [0.2, 0.25) is 15.9 Å². The number of nitrogens with two attached hydrogens (primary N) is 1. The Labute approximate surface area is 105 Å². The Balaban J connectivity index is 2.31. The third kappa shape index (κ3) is 2.46. The van der Waals surface area contributed by atoms with Gasteiger partial charge in [-0.25, -0.2) is 13.6 Å². The van der Waals surface area contributed by atoms with Gasteiger partial charge in [-0.3, -0.25) is 4.79 Å². The van der Waals surface area contributed by atoms with E-state index in [9.17, 15) is 13.2 Å². The van der Waals surface area contributed by atoms with Gasteiger partial charge in [0.1, 0.15) is 5.25 Å². The number of primary sulfonamides is 1. The Morgan fingerprint density at radius 2 is 2.00 bits per heavy atom. The average molecular weight is 272 g/mol. The molecule has 2 rings (SSSR count). The van der Waals surface area contributed by atoms with E-state index >= 15 is 0 Å². The summed E-state index contributed by atoms with van der Waals surface area (Å²) >= 11 is 4.24. The van der Waals surface area contributed by atoms with Crippen molar-refractivity contribution >= 4 is 34.2 Å². The van der Waals surface area contributed by atoms with Gasteiger partial charge in [-0.1, -0.05) is 12.1 Å². The number of rotatable bonds is 2. The predicted molar refractivity (Wildman–Crippen MR) is 67.6 cm³/mol. The number of hydrogen-bond donors (Lipinski definition) is 2. The van der Waals surface area contributed by atoms with Crippen molar-refractivity contribution in [3.63, 3.8) is 0 Å². The number of sulfonamides is 1. The van der Waals surface area contributed by atoms with Gasteiger partial charge in [0.15, 0.2) is 0 Å². The fourth-order valence-electron chi connectivity index (χ4n) is 1.82. The Morgan fingerprint density at radius 3 is 2.53 bits per heavy atom. The molecule has 1 unspecified atom stereocenters. The Morgan fingerprint density at radius 1 is 1.35 bits per heavy atom. The minimum absolute atomic E-state index is 0.0685. The standard InChI is InChI=1S/C10H12N2O3S2/c11-17(14,15)7-5-10(13)12(6-7)8-3-1-2-4-9(8)16/h1-4,7,16H,5-6H2,(H2,11,14,15). The zero-order chi connectivity index (χ0) is 12.6. The number of hydrogen-bond acceptors (Lipinski definition) is 4. The maximum absolute atomic E-state index is 11.8. The summed E-state index contributed by atoms with van der Waals surface area (Å²) in [7, 11) is -3.68. The molecule has 92 valence electrons. The van der Waals surface area contributed by atoms with Gasteiger partial charge in [-0.2, -0.15) is 0 Å². The van der Waals surface area contributed by atoms with Crippen LogP contribution in [0.4, 0.5) is 5.69 Å². The zero-order valence-corrected chi connectivity index (χ0v) is 10.6. The van der Waals surface area contributed by atoms with Crippen molar-refractivity contribution in [3.05, 3.63) is 24.3 Å². The predicted octanol–water partition coefficient (Wildman–Crippen LogP) is 0.369. The molecule has 7 heteroatoms. The van der Waals surface area contributed by atoms with E-state index in [1.54, 1.807) is 24.3 Å². The lowest BCUT2D eigenvalue weighted by Gasteiger charge is -2.18. The summed E-state index contributed by atoms with van der Waals surface area (Å²) in [6.45, 7) is 0.0925. The van der Waals surface area contributed by atoms with E-state index in [-0.39, 0.29) is 18.9 Å². The number of para-hydroxylation sites is 1. The van der Waals surface area contributed by atoms with Crippen molar-refractivity contribution in [1.82, 2.24) is 0 Å². The van der Waals surface area contributed by atoms with E-state index in [4.69, 9.17) is 5.14 Å². The maximum Gasteiger partial charge on any atom is 0.228 e. The topological polar surface area (TPSA) is 80.5 Å². The summed E-state index contributed by atoms with van der Waals surface area (Å²) in [5, 5.41) is 4.22. The molecule has 1 aromatic carbocycles. The number of thiol groups is 1. The van der Waals surface area contributed by atoms with Crippen molar-refractivity contribution in [2.24, 2.45) is 5.14 Å². The fraction of sp³-hybridized carbons (Fsp3) is 0.300. The molecule has 0 aromatic heterocycles. The third-order valence-electron chi connectivity index (χ3n) is 2.73. The van der Waals surface area contributed by atoms with Crippen LogP contribution in [-0.2, 0) is 14.8 Å². The van der Waals surface area contributed by atoms with Crippen LogP contribution in [0, 0.1) is 0 Å². The highest BCUT2D eigenvalue weighted by atomic mass is 32.2. The molecule has 5 nitrogen and oxygen atoms in total. The summed E-state index contributed by atoms with van der Waals surface area (Å²) in [4.78, 5) is 13.8. The second kappa shape index (κ2) is 4.32. The van der Waals surface area contributed by atoms with E-state index in [2.05, 4.69) is 12.6 Å². The third-order valence-corrected chi connectivity index (χ3v) is 4.35. The molecular weight excluding hydrogens is 260 g/mol. The second-order valence-corrected chi connectivity index (χ2v) is 6.23. The molecule has 1 heterocycles. The lowest BCUT2D eigenvalue weighted by Crippen LogP contribution is -2.32. The van der Waals surface area contributed by atoms with Gasteiger partial charge in [-0.05, 0) is 12.1 Å². The van der Waals surface area contributed by atoms with Gasteiger partial charge in [0, 0.05) is 17.9 Å². The van der Waals surface area contributed by atoms with E-state index in [0.717, 1.165) is 0 Å². The summed E-state index contributed by atoms with van der Waals surface area (Å²) < 4.78 is 22.4. The van der Waals surface area contributed by atoms with Crippen LogP contribution in [0.1, 0.15) is 6.42 Å². The van der Waals surface area contributed by atoms with Gasteiger partial charge in [0.05, 0.1) is 5.69 Å². The SMILES string of the molecule is NS(=O)(=O)C1CC(=O)N(c2ccccc2S)C1. The van der Waals surface area contributed by atoms with E-state index < -0.39 is 15.3 Å². The highest BCUT2D eigenvalue weighted by Crippen LogP contribution is 2.29. The molecule has 0 bridgehead atoms. The first-order chi connectivity index (χ1) is 7.89. The van der Waals surface area contributed by atoms with Crippen molar-refractivity contribution < 1.29 is 13.2 Å². The minimum atomic E-state index is -3.68. The quantitative estimate of drug-likeness (QED) is 0.763. The summed E-state index contributed by atoms with van der Waals surface area (Å²) in [5.74, 6) is -0.245. The number of carbonyl (C=O) groups excluding carboxylic acids is 1. The highest BCUT2D eigenvalue weighted by molar-refractivity contribution is 7.89. The number of benzene rings is 1. The number of nitrogens with zero attached hydrogens (tertiary/aromatic N) is 1. The average Bonchev–Trinajstić information content (AvgIpc) is 2.61. The highest BCUT2D eigenvalue weighted by Gasteiger charge is 2.37. The minimum Gasteiger partial charge on any atom is -0.310 e. The molecular formula is C10H12N2O3S2. The molecule has 0 aliphatic carbocycles. The van der Waals surface area contributed by atoms with E-state index in [1.165, 1.54) is 4.90 Å². The van der Waals surface area contributed by atoms with Crippen molar-refractivity contribution in [2.75, 3.05) is 11.4 Å². The van der Waals surface area contributed by atoms with Crippen molar-refractivity contribution in [2.45, 2.75) is 16.6 Å². The molecule has 1 aliphatic rings. The first-order valence-electron chi connectivity index (χ1n) is 4.99. The van der Waals surface area contributed by atoms with Crippen molar-refractivity contribution in [1.29, 1.82) is 0 Å². The number of carbonyl (C=O) groups is 1. The molecule has 1 amide bonds. The summed E-state index contributed by atoms with van der Waals surface area (Å²) in [6.07, 6.45) is -0.0685. The Kier molecular flexibility index (Phi) is 3.15. The van der Waals surface area contributed by atoms with E-state index in [1.807, 2.05) is 0 Å². The maximum atomic E-state index is 11.8. The van der Waals surface area contributed by atoms with Crippen LogP contribution in [0.25, 0.3) is 0 Å². The normalized spacial score (nSPS) is 20.9. The molecule has 0 spiro atoms. The Bertz CT molecular complexity index is 556. The van der Waals surface area contributed by atoms with Crippen molar-refractivity contribution in [3.8, 4) is 0 Å². The monoisotopic (exact) mass is 272 g/mol. The van der Waals surface area contributed by atoms with Crippen LogP contribution in [0.15, 0.2) is 29.2 Å². The molecule has 2 N–H and O–H groups in total. The summed E-state index contributed by atoms with van der Waals surface area (Å²) in [5.41, 5.74) is 0.618. The lowest BCUT2D eigenvalue weighted by molar-refractivity contribution is -0.117. The molecule has 1 saturated heterocycles. The van der Waals surface area contributed by atoms with Crippen LogP contribution < -0.4 is 10.0 Å². The van der Waals surface area contributed by atoms with Crippen LogP contribution in [0.2, 0.25) is 0 Å². The van der Waals surface area contributed by atoms with Crippen LogP contribution in [0.3, 0.4) is 0 Å². The summed E-state index contributed by atoms with van der Waals surface area (Å²) in [6, 6.07) is 7.04.